The first-order valence-electron chi connectivity index (χ1n) is 39.8. The van der Waals surface area contributed by atoms with Crippen LogP contribution in [0.4, 0.5) is 0 Å². The quantitative estimate of drug-likeness (QED) is 0.0169. The van der Waals surface area contributed by atoms with Crippen LogP contribution in [0.3, 0.4) is 0 Å². The average molecular weight is 1470 g/mol. The number of carbonyl (C=O) groups is 4. The fraction of sp³-hybridized carbons (Fsp3) is 0.711. The summed E-state index contributed by atoms with van der Waals surface area (Å²) in [5.74, 6) is -2.29. The molecular formula is C83H142O17P2. The number of allylic oxidation sites excluding steroid dienone is 20. The highest BCUT2D eigenvalue weighted by molar-refractivity contribution is 7.47. The molecule has 0 fully saturated rings. The van der Waals surface area contributed by atoms with E-state index in [4.69, 9.17) is 37.0 Å². The van der Waals surface area contributed by atoms with Gasteiger partial charge in [0.2, 0.25) is 0 Å². The lowest BCUT2D eigenvalue weighted by Crippen LogP contribution is -2.30. The summed E-state index contributed by atoms with van der Waals surface area (Å²) < 4.78 is 68.5. The number of carbonyl (C=O) groups excluding carboxylic acids is 4. The molecule has 586 valence electrons. The number of hydrogen-bond donors (Lipinski definition) is 3. The average Bonchev–Trinajstić information content (AvgIpc) is 0.908. The Balaban J connectivity index is 5.41. The van der Waals surface area contributed by atoms with Gasteiger partial charge in [-0.2, -0.15) is 0 Å². The van der Waals surface area contributed by atoms with Crippen molar-refractivity contribution in [2.24, 2.45) is 0 Å². The summed E-state index contributed by atoms with van der Waals surface area (Å²) in [5.41, 5.74) is 0. The molecule has 0 aromatic heterocycles. The standard InChI is InChI=1S/C83H142O17P2/c1-5-9-13-17-21-25-29-33-36-37-38-39-42-45-48-52-56-60-64-68-81(86)94-73-78(99-82(87)69-65-61-57-53-49-43-32-28-24-20-16-12-8-4)75-97-101(89,90)95-71-77(84)72-96-102(91,92)98-76-79(100-83(88)70-66-62-58-54-50-46-41-35-31-27-23-19-15-11-7-3)74-93-80(85)67-63-59-55-51-47-44-40-34-30-26-22-18-14-10-6-2/h9-10,13-14,21-22,25-26,28,32-34,36,38-40,45,48,56,60,77-79,84H,5-8,11-12,15-20,23-24,27,29-31,35,37,41-44,46-47,49-55,57-59,61-76H2,1-4H3,(H,89,90)(H,91,92)/b13-9-,14-10-,25-21-,26-22-,32-28-,36-33-,39-38-,40-34-,48-45-,60-56-. The van der Waals surface area contributed by atoms with E-state index < -0.39 is 97.5 Å². The summed E-state index contributed by atoms with van der Waals surface area (Å²) in [7, 11) is -9.98. The van der Waals surface area contributed by atoms with Gasteiger partial charge in [-0.25, -0.2) is 9.13 Å². The van der Waals surface area contributed by atoms with E-state index in [9.17, 15) is 43.2 Å². The van der Waals surface area contributed by atoms with Gasteiger partial charge in [0.05, 0.1) is 26.4 Å². The SMILES string of the molecule is CC/C=C\C/C=C\C/C=C\C/C=C\C/C=C\C/C=C\CCC(=O)OCC(COP(=O)(O)OCC(O)COP(=O)(O)OCC(COC(=O)CCCCCCC/C=C\C/C=C\C/C=C\CC)OC(=O)CCCCCCCCCCCCCCCCC)OC(=O)CCCCCCC/C=C\CCCCCC. The molecule has 17 nitrogen and oxygen atoms in total. The number of unbranched alkanes of at least 4 members (excludes halogenated alkanes) is 28. The predicted molar refractivity (Wildman–Crippen MR) is 418 cm³/mol. The second-order valence-electron chi connectivity index (χ2n) is 26.2. The second-order valence-corrected chi connectivity index (χ2v) is 29.2. The van der Waals surface area contributed by atoms with Gasteiger partial charge in [-0.1, -0.05) is 297 Å². The zero-order chi connectivity index (χ0) is 74.6. The highest BCUT2D eigenvalue weighted by atomic mass is 31.2. The number of aliphatic hydroxyl groups excluding tert-OH is 1. The van der Waals surface area contributed by atoms with Crippen LogP contribution in [0.5, 0.6) is 0 Å². The predicted octanol–water partition coefficient (Wildman–Crippen LogP) is 23.1. The minimum Gasteiger partial charge on any atom is -0.462 e. The smallest absolute Gasteiger partial charge is 0.462 e. The molecule has 0 saturated carbocycles. The Kier molecular flexibility index (Phi) is 71.4. The molecule has 5 atom stereocenters. The zero-order valence-electron chi connectivity index (χ0n) is 64.0. The third-order valence-electron chi connectivity index (χ3n) is 16.4. The number of phosphoric ester groups is 2. The summed E-state index contributed by atoms with van der Waals surface area (Å²) >= 11 is 0. The van der Waals surface area contributed by atoms with Gasteiger partial charge >= 0.3 is 39.5 Å². The zero-order valence-corrected chi connectivity index (χ0v) is 65.8. The van der Waals surface area contributed by atoms with Crippen molar-refractivity contribution in [2.45, 2.75) is 341 Å². The van der Waals surface area contributed by atoms with Crippen LogP contribution in [-0.4, -0.2) is 96.7 Å². The molecule has 0 aliphatic rings. The lowest BCUT2D eigenvalue weighted by molar-refractivity contribution is -0.161. The van der Waals surface area contributed by atoms with Crippen molar-refractivity contribution in [1.82, 2.24) is 0 Å². The molecule has 0 amide bonds. The van der Waals surface area contributed by atoms with Crippen molar-refractivity contribution < 1.29 is 80.2 Å². The van der Waals surface area contributed by atoms with Crippen molar-refractivity contribution >= 4 is 39.5 Å². The highest BCUT2D eigenvalue weighted by Crippen LogP contribution is 2.45. The van der Waals surface area contributed by atoms with Crippen molar-refractivity contribution in [3.8, 4) is 0 Å². The molecule has 0 aromatic rings. The highest BCUT2D eigenvalue weighted by Gasteiger charge is 2.30. The van der Waals surface area contributed by atoms with E-state index in [1.54, 1.807) is 0 Å². The van der Waals surface area contributed by atoms with Crippen LogP contribution in [0.2, 0.25) is 0 Å². The molecule has 0 bridgehead atoms. The maximum atomic E-state index is 13.1. The van der Waals surface area contributed by atoms with Crippen LogP contribution < -0.4 is 0 Å². The number of phosphoric acid groups is 2. The maximum absolute atomic E-state index is 13.1. The van der Waals surface area contributed by atoms with Gasteiger partial charge in [-0.3, -0.25) is 37.3 Å². The monoisotopic (exact) mass is 1470 g/mol. The fourth-order valence-electron chi connectivity index (χ4n) is 10.4. The van der Waals surface area contributed by atoms with Gasteiger partial charge in [0.25, 0.3) is 0 Å². The van der Waals surface area contributed by atoms with Crippen molar-refractivity contribution in [2.75, 3.05) is 39.6 Å². The van der Waals surface area contributed by atoms with E-state index in [0.717, 1.165) is 148 Å². The summed E-state index contributed by atoms with van der Waals surface area (Å²) in [4.78, 5) is 72.9. The van der Waals surface area contributed by atoms with E-state index >= 15 is 0 Å². The van der Waals surface area contributed by atoms with E-state index in [1.807, 2.05) is 18.2 Å². The van der Waals surface area contributed by atoms with Crippen LogP contribution in [0, 0.1) is 0 Å². The molecule has 0 radical (unpaired) electrons. The van der Waals surface area contributed by atoms with Crippen molar-refractivity contribution in [3.63, 3.8) is 0 Å². The largest absolute Gasteiger partial charge is 0.472 e. The molecular weight excluding hydrogens is 1330 g/mol. The van der Waals surface area contributed by atoms with Crippen molar-refractivity contribution in [1.29, 1.82) is 0 Å². The number of hydrogen-bond acceptors (Lipinski definition) is 15. The molecule has 0 saturated heterocycles. The first-order chi connectivity index (χ1) is 49.7. The molecule has 5 unspecified atom stereocenters. The number of esters is 4. The molecule has 19 heteroatoms. The summed E-state index contributed by atoms with van der Waals surface area (Å²) in [6, 6.07) is 0. The van der Waals surface area contributed by atoms with E-state index in [-0.39, 0.29) is 25.7 Å². The molecule has 0 rings (SSSR count). The lowest BCUT2D eigenvalue weighted by Gasteiger charge is -2.21. The lowest BCUT2D eigenvalue weighted by atomic mass is 10.0. The van der Waals surface area contributed by atoms with Crippen LogP contribution in [-0.2, 0) is 65.4 Å². The molecule has 3 N–H and O–H groups in total. The second kappa shape index (κ2) is 74.7. The molecule has 102 heavy (non-hydrogen) atoms. The third-order valence-corrected chi connectivity index (χ3v) is 18.3. The first-order valence-corrected chi connectivity index (χ1v) is 42.8. The van der Waals surface area contributed by atoms with Gasteiger partial charge in [-0.05, 0) is 122 Å². The Hall–Kier alpha value is -4.54. The van der Waals surface area contributed by atoms with Gasteiger partial charge in [-0.15, -0.1) is 0 Å². The Morgan fingerprint density at radius 1 is 0.284 bits per heavy atom. The molecule has 0 aromatic carbocycles. The third kappa shape index (κ3) is 73.8. The molecule has 0 spiro atoms. The molecule has 0 aliphatic heterocycles. The minimum absolute atomic E-state index is 0.0331. The van der Waals surface area contributed by atoms with Crippen LogP contribution in [0.25, 0.3) is 0 Å². The van der Waals surface area contributed by atoms with Gasteiger partial charge in [0.15, 0.2) is 12.2 Å². The molecule has 0 heterocycles. The molecule has 0 aliphatic carbocycles. The fourth-order valence-corrected chi connectivity index (χ4v) is 12.0. The summed E-state index contributed by atoms with van der Waals surface area (Å²) in [6.07, 6.45) is 81.9. The van der Waals surface area contributed by atoms with E-state index in [1.165, 1.54) is 89.9 Å². The van der Waals surface area contributed by atoms with Crippen LogP contribution >= 0.6 is 15.6 Å². The number of rotatable bonds is 74. The Morgan fingerprint density at radius 3 is 0.863 bits per heavy atom. The Morgan fingerprint density at radius 2 is 0.529 bits per heavy atom. The first kappa shape index (κ1) is 97.5. The van der Waals surface area contributed by atoms with E-state index in [0.29, 0.717) is 32.1 Å². The van der Waals surface area contributed by atoms with Gasteiger partial charge in [0.1, 0.15) is 19.3 Å². The maximum Gasteiger partial charge on any atom is 0.472 e. The number of ether oxygens (including phenoxy) is 4. The number of aliphatic hydroxyl groups is 1. The minimum atomic E-state index is -5.00. The normalized spacial score (nSPS) is 14.5. The Labute approximate surface area is 619 Å². The van der Waals surface area contributed by atoms with Gasteiger partial charge in [0, 0.05) is 25.7 Å². The summed E-state index contributed by atoms with van der Waals surface area (Å²) in [5, 5.41) is 10.6. The van der Waals surface area contributed by atoms with E-state index in [2.05, 4.69) is 131 Å². The summed E-state index contributed by atoms with van der Waals surface area (Å²) in [6.45, 7) is 4.55. The Bertz CT molecular complexity index is 2410. The van der Waals surface area contributed by atoms with Crippen LogP contribution in [0.1, 0.15) is 323 Å². The van der Waals surface area contributed by atoms with Gasteiger partial charge < -0.3 is 33.8 Å². The topological polar surface area (TPSA) is 237 Å². The van der Waals surface area contributed by atoms with Crippen molar-refractivity contribution in [3.05, 3.63) is 122 Å². The van der Waals surface area contributed by atoms with Crippen LogP contribution in [0.15, 0.2) is 122 Å².